The summed E-state index contributed by atoms with van der Waals surface area (Å²) < 4.78 is 20.0. The predicted molar refractivity (Wildman–Crippen MR) is 234 cm³/mol. The van der Waals surface area contributed by atoms with Gasteiger partial charge in [0.25, 0.3) is 0 Å². The van der Waals surface area contributed by atoms with Crippen LogP contribution < -0.4 is 16.0 Å². The summed E-state index contributed by atoms with van der Waals surface area (Å²) in [7, 11) is 0. The highest BCUT2D eigenvalue weighted by Crippen LogP contribution is 2.44. The molecule has 1 aliphatic heterocycles. The van der Waals surface area contributed by atoms with Crippen LogP contribution in [0.5, 0.6) is 0 Å². The van der Waals surface area contributed by atoms with Crippen LogP contribution in [0.25, 0.3) is 0 Å². The number of fused-ring (bicyclic) bond motifs is 1. The Kier molecular flexibility index (Phi) is 23.0. The number of hydrogen-bond acceptors (Lipinski definition) is 7. The van der Waals surface area contributed by atoms with Gasteiger partial charge in [-0.25, -0.2) is 0 Å². The second-order valence-corrected chi connectivity index (χ2v) is 19.5. The SMILES string of the molecule is CCCCCCCCOC1CCC(C2NC(C3CCC4CCCCC4C3)NC(C3CCC(OCCCCCCCC)CC3OCCCCCCCC)N2)C(O)C1. The van der Waals surface area contributed by atoms with E-state index in [9.17, 15) is 5.11 Å². The molecule has 7 heteroatoms. The van der Waals surface area contributed by atoms with Crippen LogP contribution in [0.2, 0.25) is 0 Å². The highest BCUT2D eigenvalue weighted by Gasteiger charge is 2.46. The second-order valence-electron chi connectivity index (χ2n) is 19.5. The first kappa shape index (κ1) is 46.8. The molecule has 0 aromatic rings. The third kappa shape index (κ3) is 16.0. The largest absolute Gasteiger partial charge is 0.393 e. The zero-order chi connectivity index (χ0) is 39.2. The van der Waals surface area contributed by atoms with E-state index >= 15 is 0 Å². The molecule has 12 unspecified atom stereocenters. The summed E-state index contributed by atoms with van der Waals surface area (Å²) in [6.07, 6.45) is 40.2. The first-order valence-corrected chi connectivity index (χ1v) is 25.4. The van der Waals surface area contributed by atoms with Gasteiger partial charge in [-0.3, -0.25) is 16.0 Å². The molecule has 5 fully saturated rings. The fraction of sp³-hybridized carbons (Fsp3) is 1.00. The van der Waals surface area contributed by atoms with Crippen LogP contribution in [-0.2, 0) is 14.2 Å². The van der Waals surface area contributed by atoms with Crippen molar-refractivity contribution in [2.24, 2.45) is 29.6 Å². The molecule has 1 saturated heterocycles. The monoisotopic (exact) mass is 788 g/mol. The lowest BCUT2D eigenvalue weighted by Gasteiger charge is -2.52. The van der Waals surface area contributed by atoms with Gasteiger partial charge in [-0.2, -0.15) is 0 Å². The number of rotatable bonds is 27. The van der Waals surface area contributed by atoms with E-state index < -0.39 is 0 Å². The zero-order valence-corrected chi connectivity index (χ0v) is 37.1. The lowest BCUT2D eigenvalue weighted by molar-refractivity contribution is -0.0983. The number of unbranched alkanes of at least 4 members (excludes halogenated alkanes) is 15. The fourth-order valence-electron chi connectivity index (χ4n) is 11.6. The Morgan fingerprint density at radius 3 is 1.46 bits per heavy atom. The van der Waals surface area contributed by atoms with E-state index in [1.54, 1.807) is 0 Å². The Hall–Kier alpha value is -0.280. The summed E-state index contributed by atoms with van der Waals surface area (Å²) in [5.41, 5.74) is 0. The van der Waals surface area contributed by atoms with Crippen molar-refractivity contribution in [2.45, 2.75) is 263 Å². The molecule has 328 valence electrons. The van der Waals surface area contributed by atoms with Crippen molar-refractivity contribution in [3.05, 3.63) is 0 Å². The van der Waals surface area contributed by atoms with Crippen LogP contribution in [0.4, 0.5) is 0 Å². The van der Waals surface area contributed by atoms with E-state index in [1.807, 2.05) is 0 Å². The Morgan fingerprint density at radius 2 is 0.875 bits per heavy atom. The van der Waals surface area contributed by atoms with Gasteiger partial charge in [0.15, 0.2) is 0 Å². The van der Waals surface area contributed by atoms with Crippen LogP contribution in [-0.4, -0.2) is 67.8 Å². The third-order valence-electron chi connectivity index (χ3n) is 15.1. The average molecular weight is 788 g/mol. The predicted octanol–water partition coefficient (Wildman–Crippen LogP) is 11.6. The van der Waals surface area contributed by atoms with Gasteiger partial charge in [-0.05, 0) is 88.4 Å². The van der Waals surface area contributed by atoms with Crippen LogP contribution in [0.15, 0.2) is 0 Å². The maximum absolute atomic E-state index is 11.8. The van der Waals surface area contributed by atoms with E-state index in [4.69, 9.17) is 14.2 Å². The summed E-state index contributed by atoms with van der Waals surface area (Å²) in [6.45, 7) is 9.48. The van der Waals surface area contributed by atoms with Crippen LogP contribution in [0.3, 0.4) is 0 Å². The molecule has 4 aliphatic carbocycles. The summed E-state index contributed by atoms with van der Waals surface area (Å²) in [4.78, 5) is 0. The van der Waals surface area contributed by atoms with Gasteiger partial charge in [0, 0.05) is 38.1 Å². The minimum absolute atomic E-state index is 0.103. The lowest BCUT2D eigenvalue weighted by atomic mass is 9.66. The number of aliphatic hydroxyl groups excluding tert-OH is 1. The molecule has 12 atom stereocenters. The first-order valence-electron chi connectivity index (χ1n) is 25.4. The lowest BCUT2D eigenvalue weighted by Crippen LogP contribution is -2.74. The van der Waals surface area contributed by atoms with Crippen molar-refractivity contribution in [3.63, 3.8) is 0 Å². The fourth-order valence-corrected chi connectivity index (χ4v) is 11.6. The summed E-state index contributed by atoms with van der Waals surface area (Å²) in [5.74, 6) is 3.09. The normalized spacial score (nSPS) is 35.4. The van der Waals surface area contributed by atoms with E-state index in [-0.39, 0.29) is 42.7 Å². The van der Waals surface area contributed by atoms with Gasteiger partial charge in [0.2, 0.25) is 0 Å². The third-order valence-corrected chi connectivity index (χ3v) is 15.1. The van der Waals surface area contributed by atoms with Crippen molar-refractivity contribution in [1.29, 1.82) is 0 Å². The molecule has 0 amide bonds. The maximum Gasteiger partial charge on any atom is 0.0655 e. The quantitative estimate of drug-likeness (QED) is 0.0617. The highest BCUT2D eigenvalue weighted by atomic mass is 16.5. The molecule has 56 heavy (non-hydrogen) atoms. The molecular formula is C49H93N3O4. The topological polar surface area (TPSA) is 84.0 Å². The minimum atomic E-state index is -0.345. The Bertz CT molecular complexity index is 987. The maximum atomic E-state index is 11.8. The van der Waals surface area contributed by atoms with Crippen LogP contribution in [0.1, 0.15) is 220 Å². The minimum Gasteiger partial charge on any atom is -0.393 e. The van der Waals surface area contributed by atoms with Crippen molar-refractivity contribution < 1.29 is 19.3 Å². The number of aliphatic hydroxyl groups is 1. The Balaban J connectivity index is 1.21. The Labute approximate surface area is 346 Å². The molecular weight excluding hydrogens is 695 g/mol. The standard InChI is InChI=1S/C49H93N3O4/c1-4-7-10-13-16-21-32-54-41-28-30-43(45(53)36-41)48-50-47(40-27-26-38-24-19-20-25-39(38)35-40)51-49(52-48)44-31-29-42(55-33-22-17-14-11-8-5-2)37-46(44)56-34-23-18-15-12-9-6-3/h38-53H,4-37H2,1-3H3. The van der Waals surface area contributed by atoms with Gasteiger partial charge < -0.3 is 19.3 Å². The van der Waals surface area contributed by atoms with Gasteiger partial charge in [-0.15, -0.1) is 0 Å². The summed E-state index contributed by atoms with van der Waals surface area (Å²) >= 11 is 0. The van der Waals surface area contributed by atoms with Crippen LogP contribution >= 0.6 is 0 Å². The molecule has 5 aliphatic rings. The van der Waals surface area contributed by atoms with Crippen molar-refractivity contribution in [3.8, 4) is 0 Å². The van der Waals surface area contributed by atoms with E-state index in [0.717, 1.165) is 83.0 Å². The van der Waals surface area contributed by atoms with Gasteiger partial charge in [-0.1, -0.05) is 143 Å². The average Bonchev–Trinajstić information content (AvgIpc) is 3.22. The second kappa shape index (κ2) is 27.5. The van der Waals surface area contributed by atoms with E-state index in [2.05, 4.69) is 36.7 Å². The molecule has 1 heterocycles. The summed E-state index contributed by atoms with van der Waals surface area (Å²) in [6, 6.07) is 0. The first-order chi connectivity index (χ1) is 27.6. The van der Waals surface area contributed by atoms with Crippen molar-refractivity contribution >= 4 is 0 Å². The van der Waals surface area contributed by atoms with Gasteiger partial charge in [0.1, 0.15) is 0 Å². The van der Waals surface area contributed by atoms with Crippen molar-refractivity contribution in [2.75, 3.05) is 19.8 Å². The Morgan fingerprint density at radius 1 is 0.411 bits per heavy atom. The van der Waals surface area contributed by atoms with Crippen molar-refractivity contribution in [1.82, 2.24) is 16.0 Å². The molecule has 0 spiro atoms. The highest BCUT2D eigenvalue weighted by molar-refractivity contribution is 5.00. The smallest absolute Gasteiger partial charge is 0.0655 e. The molecule has 7 nitrogen and oxygen atoms in total. The van der Waals surface area contributed by atoms with E-state index in [0.29, 0.717) is 17.9 Å². The molecule has 4 N–H and O–H groups in total. The number of hydrogen-bond donors (Lipinski definition) is 4. The number of nitrogens with one attached hydrogen (secondary N) is 3. The van der Waals surface area contributed by atoms with Gasteiger partial charge >= 0.3 is 0 Å². The molecule has 0 radical (unpaired) electrons. The molecule has 0 bridgehead atoms. The molecule has 0 aromatic heterocycles. The molecule has 0 aromatic carbocycles. The van der Waals surface area contributed by atoms with E-state index in [1.165, 1.54) is 148 Å². The molecule has 5 rings (SSSR count). The summed E-state index contributed by atoms with van der Waals surface area (Å²) in [5, 5.41) is 24.3. The van der Waals surface area contributed by atoms with Crippen LogP contribution in [0, 0.1) is 29.6 Å². The number of ether oxygens (including phenoxy) is 3. The van der Waals surface area contributed by atoms with Gasteiger partial charge in [0.05, 0.1) is 42.9 Å². The zero-order valence-electron chi connectivity index (χ0n) is 37.1. The molecule has 4 saturated carbocycles.